The minimum absolute atomic E-state index is 0.0233. The van der Waals surface area contributed by atoms with Gasteiger partial charge in [0, 0.05) is 0 Å². The monoisotopic (exact) mass is 498 g/mol. The Morgan fingerprint density at radius 3 is 1.82 bits per heavy atom. The molecule has 1 aliphatic rings. The quantitative estimate of drug-likeness (QED) is 0.252. The number of benzene rings is 3. The van der Waals surface area contributed by atoms with Gasteiger partial charge in [-0.15, -0.1) is 0 Å². The minimum Gasteiger partial charge on any atom is -0.423 e. The van der Waals surface area contributed by atoms with Crippen LogP contribution in [0.4, 0.5) is 26.3 Å². The van der Waals surface area contributed by atoms with Crippen molar-refractivity contribution >= 4 is 11.6 Å². The highest BCUT2D eigenvalue weighted by Crippen LogP contribution is 2.40. The lowest BCUT2D eigenvalue weighted by Gasteiger charge is -2.27. The smallest absolute Gasteiger partial charge is 0.423 e. The van der Waals surface area contributed by atoms with Crippen molar-refractivity contribution in [2.75, 3.05) is 0 Å². The van der Waals surface area contributed by atoms with Crippen molar-refractivity contribution < 1.29 is 31.1 Å². The van der Waals surface area contributed by atoms with Gasteiger partial charge < -0.3 is 4.74 Å². The molecule has 1 nitrogen and oxygen atoms in total. The Labute approximate surface area is 198 Å². The van der Waals surface area contributed by atoms with E-state index in [-0.39, 0.29) is 17.0 Å². The van der Waals surface area contributed by atoms with E-state index in [2.05, 4.69) is 11.7 Å². The minimum atomic E-state index is -4.06. The molecule has 0 amide bonds. The first-order chi connectivity index (χ1) is 16.0. The van der Waals surface area contributed by atoms with E-state index in [1.54, 1.807) is 0 Å². The first-order valence-electron chi connectivity index (χ1n) is 10.9. The van der Waals surface area contributed by atoms with Crippen molar-refractivity contribution in [2.24, 2.45) is 5.92 Å². The van der Waals surface area contributed by atoms with Crippen LogP contribution in [-0.4, -0.2) is 0 Å². The van der Waals surface area contributed by atoms with Crippen molar-refractivity contribution in [1.82, 2.24) is 0 Å². The molecule has 34 heavy (non-hydrogen) atoms. The average molecular weight is 499 g/mol. The second-order valence-electron chi connectivity index (χ2n) is 8.72. The van der Waals surface area contributed by atoms with Gasteiger partial charge in [0.15, 0.2) is 17.4 Å². The van der Waals surface area contributed by atoms with Crippen LogP contribution < -0.4 is 4.74 Å². The molecule has 0 atom stereocenters. The summed E-state index contributed by atoms with van der Waals surface area (Å²) in [4.78, 5) is 0. The largest absolute Gasteiger partial charge is 0.426 e. The molecule has 8 heteroatoms. The van der Waals surface area contributed by atoms with Crippen molar-refractivity contribution in [2.45, 2.75) is 44.6 Å². The van der Waals surface area contributed by atoms with Crippen molar-refractivity contribution in [3.8, 4) is 16.9 Å². The van der Waals surface area contributed by atoms with Crippen LogP contribution in [0.25, 0.3) is 11.1 Å². The van der Waals surface area contributed by atoms with Gasteiger partial charge in [0.1, 0.15) is 16.7 Å². The number of halogens is 7. The van der Waals surface area contributed by atoms with Crippen LogP contribution in [0, 0.1) is 29.2 Å². The van der Waals surface area contributed by atoms with Gasteiger partial charge in [-0.05, 0) is 77.8 Å². The Kier molecular flexibility index (Phi) is 6.85. The lowest BCUT2D eigenvalue weighted by Crippen LogP contribution is -2.23. The highest BCUT2D eigenvalue weighted by molar-refractivity contribution is 6.31. The summed E-state index contributed by atoms with van der Waals surface area (Å²) in [6.45, 7) is 2.12. The topological polar surface area (TPSA) is 9.23 Å². The summed E-state index contributed by atoms with van der Waals surface area (Å²) in [5.41, 5.74) is 0.0668. The second-order valence-corrected chi connectivity index (χ2v) is 9.10. The van der Waals surface area contributed by atoms with Gasteiger partial charge >= 0.3 is 6.11 Å². The van der Waals surface area contributed by atoms with Gasteiger partial charge in [-0.3, -0.25) is 0 Å². The third-order valence-corrected chi connectivity index (χ3v) is 6.64. The fourth-order valence-corrected chi connectivity index (χ4v) is 4.38. The van der Waals surface area contributed by atoms with Gasteiger partial charge in [0.05, 0.1) is 5.56 Å². The lowest BCUT2D eigenvalue weighted by atomic mass is 9.79. The van der Waals surface area contributed by atoms with Gasteiger partial charge in [0.25, 0.3) is 0 Å². The van der Waals surface area contributed by atoms with Crippen molar-refractivity contribution in [1.29, 1.82) is 0 Å². The molecule has 0 aliphatic heterocycles. The zero-order chi connectivity index (χ0) is 24.6. The molecule has 0 unspecified atom stereocenters. The highest BCUT2D eigenvalue weighted by Gasteiger charge is 2.37. The summed E-state index contributed by atoms with van der Waals surface area (Å²) in [6.07, 6.45) is -0.613. The molecule has 1 saturated carbocycles. The van der Waals surface area contributed by atoms with E-state index in [0.29, 0.717) is 11.5 Å². The Morgan fingerprint density at radius 1 is 0.765 bits per heavy atom. The first-order valence-corrected chi connectivity index (χ1v) is 11.2. The molecule has 1 aliphatic carbocycles. The molecule has 0 radical (unpaired) electrons. The number of rotatable bonds is 5. The fourth-order valence-electron chi connectivity index (χ4n) is 4.27. The lowest BCUT2D eigenvalue weighted by molar-refractivity contribution is -0.188. The first kappa shape index (κ1) is 24.5. The van der Waals surface area contributed by atoms with Gasteiger partial charge in [-0.2, -0.15) is 8.78 Å². The molecule has 180 valence electrons. The Balaban J connectivity index is 1.55. The molecule has 0 spiro atoms. The molecule has 0 N–H and O–H groups in total. The van der Waals surface area contributed by atoms with Gasteiger partial charge in [0.2, 0.25) is 0 Å². The van der Waals surface area contributed by atoms with Crippen LogP contribution >= 0.6 is 11.6 Å². The van der Waals surface area contributed by atoms with E-state index in [9.17, 15) is 26.3 Å². The van der Waals surface area contributed by atoms with Crippen LogP contribution in [0.3, 0.4) is 0 Å². The third kappa shape index (κ3) is 5.04. The van der Waals surface area contributed by atoms with E-state index in [1.807, 2.05) is 0 Å². The highest BCUT2D eigenvalue weighted by atomic mass is 35.5. The van der Waals surface area contributed by atoms with Gasteiger partial charge in [-0.25, -0.2) is 17.6 Å². The third-order valence-electron chi connectivity index (χ3n) is 6.28. The number of hydrogen-bond acceptors (Lipinski definition) is 1. The molecule has 3 aromatic carbocycles. The van der Waals surface area contributed by atoms with E-state index >= 15 is 0 Å². The second kappa shape index (κ2) is 9.53. The fraction of sp³-hybridized carbons (Fsp3) is 0.308. The SMILES string of the molecule is CC1CCC(c2cc(F)c(OC(F)(F)c3ccc(-c4cc(F)c(Cl)c(F)c4)cc3)c(F)c2)CC1. The Morgan fingerprint density at radius 2 is 1.29 bits per heavy atom. The Hall–Kier alpha value is -2.67. The molecule has 0 bridgehead atoms. The van der Waals surface area contributed by atoms with Crippen LogP contribution in [0.1, 0.15) is 49.7 Å². The molecular weight excluding hydrogens is 478 g/mol. The number of alkyl halides is 2. The zero-order valence-corrected chi connectivity index (χ0v) is 18.9. The predicted molar refractivity (Wildman–Crippen MR) is 118 cm³/mol. The van der Waals surface area contributed by atoms with Crippen LogP contribution in [-0.2, 0) is 6.11 Å². The van der Waals surface area contributed by atoms with Crippen molar-refractivity contribution in [3.63, 3.8) is 0 Å². The summed E-state index contributed by atoms with van der Waals surface area (Å²) in [7, 11) is 0. The summed E-state index contributed by atoms with van der Waals surface area (Å²) in [5.74, 6) is -5.02. The number of hydrogen-bond donors (Lipinski definition) is 0. The van der Waals surface area contributed by atoms with Crippen LogP contribution in [0.5, 0.6) is 5.75 Å². The molecular formula is C26H21ClF6O. The molecule has 1 fully saturated rings. The zero-order valence-electron chi connectivity index (χ0n) is 18.2. The van der Waals surface area contributed by atoms with E-state index in [4.69, 9.17) is 11.6 Å². The summed E-state index contributed by atoms with van der Waals surface area (Å²) < 4.78 is 90.5. The number of ether oxygens (including phenoxy) is 1. The maximum absolute atomic E-state index is 14.7. The van der Waals surface area contributed by atoms with Crippen molar-refractivity contribution in [3.05, 3.63) is 87.9 Å². The van der Waals surface area contributed by atoms with E-state index in [0.717, 1.165) is 62.1 Å². The molecule has 0 heterocycles. The maximum atomic E-state index is 14.7. The van der Waals surface area contributed by atoms with Crippen LogP contribution in [0.2, 0.25) is 5.02 Å². The summed E-state index contributed by atoms with van der Waals surface area (Å²) >= 11 is 5.46. The van der Waals surface area contributed by atoms with Gasteiger partial charge in [-0.1, -0.05) is 43.5 Å². The molecule has 4 rings (SSSR count). The Bertz CT molecular complexity index is 1140. The average Bonchev–Trinajstić information content (AvgIpc) is 2.80. The normalized spacial score (nSPS) is 18.7. The van der Waals surface area contributed by atoms with Crippen LogP contribution in [0.15, 0.2) is 48.5 Å². The molecule has 0 aromatic heterocycles. The van der Waals surface area contributed by atoms with E-state index < -0.39 is 45.7 Å². The molecule has 3 aromatic rings. The standard InChI is InChI=1S/C26H21ClF6O/c1-14-2-4-15(5-3-14)18-12-22(30)25(23(31)13-18)34-26(32,33)19-8-6-16(7-9-19)17-10-20(28)24(27)21(29)11-17/h6-15H,2-5H2,1H3. The summed E-state index contributed by atoms with van der Waals surface area (Å²) in [5, 5.41) is -0.673. The molecule has 0 saturated heterocycles. The summed E-state index contributed by atoms with van der Waals surface area (Å²) in [6, 6.07) is 8.33. The van der Waals surface area contributed by atoms with E-state index in [1.165, 1.54) is 12.1 Å². The maximum Gasteiger partial charge on any atom is 0.426 e. The predicted octanol–water partition coefficient (Wildman–Crippen LogP) is 8.99.